The maximum Gasteiger partial charge on any atom is 0.251 e. The van der Waals surface area contributed by atoms with Gasteiger partial charge in [0.15, 0.2) is 0 Å². The normalized spacial score (nSPS) is 23.3. The van der Waals surface area contributed by atoms with Crippen LogP contribution in [0, 0.1) is 0 Å². The highest BCUT2D eigenvalue weighted by Crippen LogP contribution is 2.31. The first kappa shape index (κ1) is 19.3. The fourth-order valence-electron chi connectivity index (χ4n) is 3.79. The second kappa shape index (κ2) is 8.57. The highest BCUT2D eigenvalue weighted by molar-refractivity contribution is 8.14. The van der Waals surface area contributed by atoms with Crippen LogP contribution < -0.4 is 10.9 Å². The average Bonchev–Trinajstić information content (AvgIpc) is 3.18. The van der Waals surface area contributed by atoms with E-state index in [9.17, 15) is 4.79 Å². The molecule has 0 aromatic carbocycles. The third-order valence-corrected chi connectivity index (χ3v) is 6.64. The third kappa shape index (κ3) is 4.24. The van der Waals surface area contributed by atoms with Crippen molar-refractivity contribution in [2.45, 2.75) is 36.7 Å². The van der Waals surface area contributed by atoms with Gasteiger partial charge in [0.1, 0.15) is 0 Å². The molecule has 154 valence electrons. The van der Waals surface area contributed by atoms with Crippen LogP contribution in [0.5, 0.6) is 0 Å². The van der Waals surface area contributed by atoms with E-state index in [1.807, 2.05) is 24.4 Å². The summed E-state index contributed by atoms with van der Waals surface area (Å²) in [6, 6.07) is 5.89. The Bertz CT molecular complexity index is 1070. The summed E-state index contributed by atoms with van der Waals surface area (Å²) in [5.41, 5.74) is 1.46. The molecule has 5 rings (SSSR count). The van der Waals surface area contributed by atoms with Crippen LogP contribution in [0.25, 0.3) is 11.3 Å². The fourth-order valence-corrected chi connectivity index (χ4v) is 4.96. The van der Waals surface area contributed by atoms with E-state index in [4.69, 9.17) is 9.73 Å². The zero-order valence-electron chi connectivity index (χ0n) is 16.5. The first-order valence-electron chi connectivity index (χ1n) is 10.2. The van der Waals surface area contributed by atoms with Crippen LogP contribution in [0.3, 0.4) is 0 Å². The van der Waals surface area contributed by atoms with E-state index in [0.717, 1.165) is 42.4 Å². The molecule has 0 saturated carbocycles. The van der Waals surface area contributed by atoms with Crippen molar-refractivity contribution in [3.05, 3.63) is 65.3 Å². The van der Waals surface area contributed by atoms with Gasteiger partial charge in [-0.1, -0.05) is 36.1 Å². The van der Waals surface area contributed by atoms with Crippen LogP contribution in [0.1, 0.15) is 12.8 Å². The summed E-state index contributed by atoms with van der Waals surface area (Å²) < 4.78 is 7.09. The SMILES string of the molecule is O=c1cc(-c2ccnc(NC3CCOCC3)n2)ccn1CC1=NC2C=CC=CC2S1. The van der Waals surface area contributed by atoms with Crippen molar-refractivity contribution >= 4 is 22.8 Å². The maximum atomic E-state index is 12.7. The molecule has 8 heteroatoms. The molecule has 0 amide bonds. The van der Waals surface area contributed by atoms with Crippen molar-refractivity contribution in [2.24, 2.45) is 4.99 Å². The van der Waals surface area contributed by atoms with Gasteiger partial charge in [0, 0.05) is 43.3 Å². The van der Waals surface area contributed by atoms with Crippen LogP contribution in [-0.4, -0.2) is 50.1 Å². The van der Waals surface area contributed by atoms with Gasteiger partial charge in [-0.2, -0.15) is 0 Å². The van der Waals surface area contributed by atoms with Crippen LogP contribution in [0.4, 0.5) is 5.95 Å². The summed E-state index contributed by atoms with van der Waals surface area (Å²) in [4.78, 5) is 26.4. The summed E-state index contributed by atoms with van der Waals surface area (Å²) in [6.45, 7) is 2.01. The van der Waals surface area contributed by atoms with Gasteiger partial charge in [0.05, 0.1) is 28.6 Å². The van der Waals surface area contributed by atoms with Crippen molar-refractivity contribution in [1.29, 1.82) is 0 Å². The number of fused-ring (bicyclic) bond motifs is 1. The number of aliphatic imine (C=N–C) groups is 1. The smallest absolute Gasteiger partial charge is 0.251 e. The van der Waals surface area contributed by atoms with E-state index in [0.29, 0.717) is 23.8 Å². The fraction of sp³-hybridized carbons (Fsp3) is 0.364. The number of nitrogens with zero attached hydrogens (tertiary/aromatic N) is 4. The molecule has 2 aliphatic heterocycles. The monoisotopic (exact) mass is 421 g/mol. The van der Waals surface area contributed by atoms with Gasteiger partial charge < -0.3 is 14.6 Å². The van der Waals surface area contributed by atoms with Gasteiger partial charge in [-0.05, 0) is 25.0 Å². The standard InChI is InChI=1S/C22H23N5O2S/c28-21-13-15(17-5-9-23-22(26-17)24-16-7-11-29-12-8-16)6-10-27(21)14-20-25-18-3-1-2-4-19(18)30-20/h1-6,9-10,13,16,18-19H,7-8,11-12,14H2,(H,23,24,26). The first-order valence-corrected chi connectivity index (χ1v) is 11.1. The molecule has 2 aromatic rings. The number of thioether (sulfide) groups is 1. The maximum absolute atomic E-state index is 12.7. The Balaban J connectivity index is 1.30. The Morgan fingerprint density at radius 2 is 2.07 bits per heavy atom. The van der Waals surface area contributed by atoms with E-state index in [-0.39, 0.29) is 11.6 Å². The van der Waals surface area contributed by atoms with E-state index in [2.05, 4.69) is 33.5 Å². The number of anilines is 1. The third-order valence-electron chi connectivity index (χ3n) is 5.43. The number of rotatable bonds is 5. The van der Waals surface area contributed by atoms with Gasteiger partial charge in [-0.15, -0.1) is 0 Å². The molecule has 1 N–H and O–H groups in total. The van der Waals surface area contributed by atoms with Crippen LogP contribution in [0.15, 0.2) is 64.7 Å². The van der Waals surface area contributed by atoms with Gasteiger partial charge in [-0.3, -0.25) is 9.79 Å². The molecule has 2 aromatic heterocycles. The largest absolute Gasteiger partial charge is 0.381 e. The summed E-state index contributed by atoms with van der Waals surface area (Å²) in [5, 5.41) is 4.71. The molecule has 2 unspecified atom stereocenters. The first-order chi connectivity index (χ1) is 14.7. The molecule has 0 spiro atoms. The quantitative estimate of drug-likeness (QED) is 0.800. The molecule has 3 aliphatic rings. The minimum absolute atomic E-state index is 0.0608. The van der Waals surface area contributed by atoms with Crippen LogP contribution in [-0.2, 0) is 11.3 Å². The number of nitrogens with one attached hydrogen (secondary N) is 1. The van der Waals surface area contributed by atoms with E-state index in [1.54, 1.807) is 28.6 Å². The molecular formula is C22H23N5O2S. The van der Waals surface area contributed by atoms with Crippen molar-refractivity contribution < 1.29 is 4.74 Å². The minimum Gasteiger partial charge on any atom is -0.381 e. The minimum atomic E-state index is -0.0608. The van der Waals surface area contributed by atoms with Crippen LogP contribution >= 0.6 is 11.8 Å². The molecule has 1 fully saturated rings. The Labute approximate surface area is 179 Å². The molecule has 2 atom stereocenters. The molecule has 1 saturated heterocycles. The summed E-state index contributed by atoms with van der Waals surface area (Å²) >= 11 is 1.73. The Hall–Kier alpha value is -2.71. The summed E-state index contributed by atoms with van der Waals surface area (Å²) in [7, 11) is 0. The molecule has 7 nitrogen and oxygen atoms in total. The Morgan fingerprint density at radius 1 is 1.20 bits per heavy atom. The van der Waals surface area contributed by atoms with Crippen molar-refractivity contribution in [1.82, 2.24) is 14.5 Å². The topological polar surface area (TPSA) is 81.4 Å². The predicted molar refractivity (Wildman–Crippen MR) is 120 cm³/mol. The van der Waals surface area contributed by atoms with E-state index < -0.39 is 0 Å². The number of aromatic nitrogens is 3. The lowest BCUT2D eigenvalue weighted by atomic mass is 10.1. The lowest BCUT2D eigenvalue weighted by Gasteiger charge is -2.23. The molecule has 30 heavy (non-hydrogen) atoms. The van der Waals surface area contributed by atoms with Gasteiger partial charge in [0.2, 0.25) is 5.95 Å². The number of pyridine rings is 1. The zero-order chi connectivity index (χ0) is 20.3. The number of ether oxygens (including phenoxy) is 1. The van der Waals surface area contributed by atoms with Crippen molar-refractivity contribution in [2.75, 3.05) is 18.5 Å². The van der Waals surface area contributed by atoms with Gasteiger partial charge in [-0.25, -0.2) is 9.97 Å². The zero-order valence-corrected chi connectivity index (χ0v) is 17.3. The Kier molecular flexibility index (Phi) is 5.50. The lowest BCUT2D eigenvalue weighted by Crippen LogP contribution is -2.28. The predicted octanol–water partition coefficient (Wildman–Crippen LogP) is 2.90. The molecule has 0 radical (unpaired) electrons. The van der Waals surface area contributed by atoms with E-state index >= 15 is 0 Å². The molecular weight excluding hydrogens is 398 g/mol. The number of allylic oxidation sites excluding steroid dienone is 2. The highest BCUT2D eigenvalue weighted by Gasteiger charge is 2.27. The average molecular weight is 422 g/mol. The van der Waals surface area contributed by atoms with Crippen molar-refractivity contribution in [3.63, 3.8) is 0 Å². The second-order valence-corrected chi connectivity index (χ2v) is 8.80. The second-order valence-electron chi connectivity index (χ2n) is 7.54. The lowest BCUT2D eigenvalue weighted by molar-refractivity contribution is 0.0903. The van der Waals surface area contributed by atoms with Crippen molar-refractivity contribution in [3.8, 4) is 11.3 Å². The van der Waals surface area contributed by atoms with Crippen LogP contribution in [0.2, 0.25) is 0 Å². The molecule has 0 bridgehead atoms. The summed E-state index contributed by atoms with van der Waals surface area (Å²) in [5.74, 6) is 0.587. The molecule has 1 aliphatic carbocycles. The molecule has 4 heterocycles. The van der Waals surface area contributed by atoms with Gasteiger partial charge >= 0.3 is 0 Å². The summed E-state index contributed by atoms with van der Waals surface area (Å²) in [6.07, 6.45) is 13.8. The highest BCUT2D eigenvalue weighted by atomic mass is 32.2. The van der Waals surface area contributed by atoms with E-state index in [1.165, 1.54) is 0 Å². The number of hydrogen-bond acceptors (Lipinski definition) is 7. The number of hydrogen-bond donors (Lipinski definition) is 1. The van der Waals surface area contributed by atoms with Gasteiger partial charge in [0.25, 0.3) is 5.56 Å². The Morgan fingerprint density at radius 3 is 2.90 bits per heavy atom.